The van der Waals surface area contributed by atoms with Crippen molar-refractivity contribution < 1.29 is 27.4 Å². The highest BCUT2D eigenvalue weighted by molar-refractivity contribution is 6.08. The van der Waals surface area contributed by atoms with E-state index in [-0.39, 0.29) is 24.0 Å². The first-order valence-corrected chi connectivity index (χ1v) is 8.43. The Hall–Kier alpha value is -3.62. The number of anilines is 1. The van der Waals surface area contributed by atoms with Crippen LogP contribution in [-0.2, 0) is 6.54 Å². The second kappa shape index (κ2) is 8.59. The second-order valence-corrected chi connectivity index (χ2v) is 5.90. The third-order valence-corrected chi connectivity index (χ3v) is 3.87. The lowest BCUT2D eigenvalue weighted by Gasteiger charge is -2.10. The van der Waals surface area contributed by atoms with Crippen molar-refractivity contribution in [2.75, 3.05) is 12.4 Å². The van der Waals surface area contributed by atoms with E-state index in [1.54, 1.807) is 31.4 Å². The van der Waals surface area contributed by atoms with Crippen molar-refractivity contribution in [1.29, 1.82) is 0 Å². The molecule has 0 saturated carbocycles. The molecule has 150 valence electrons. The first-order chi connectivity index (χ1) is 13.8. The molecule has 0 spiro atoms. The Morgan fingerprint density at radius 2 is 1.52 bits per heavy atom. The largest absolute Gasteiger partial charge is 0.573 e. The summed E-state index contributed by atoms with van der Waals surface area (Å²) in [5, 5.41) is 2.94. The van der Waals surface area contributed by atoms with Gasteiger partial charge in [-0.2, -0.15) is 0 Å². The minimum atomic E-state index is -4.72. The van der Waals surface area contributed by atoms with Gasteiger partial charge < -0.3 is 14.8 Å². The highest BCUT2D eigenvalue weighted by Crippen LogP contribution is 2.23. The first-order valence-electron chi connectivity index (χ1n) is 8.43. The van der Waals surface area contributed by atoms with Crippen LogP contribution in [0.2, 0.25) is 0 Å². The minimum absolute atomic E-state index is 0.223. The van der Waals surface area contributed by atoms with E-state index < -0.39 is 6.36 Å². The fourth-order valence-corrected chi connectivity index (χ4v) is 2.44. The molecule has 0 bridgehead atoms. The maximum Gasteiger partial charge on any atom is 0.573 e. The zero-order chi connectivity index (χ0) is 20.9. The number of alkyl halides is 3. The molecule has 0 amide bonds. The lowest BCUT2D eigenvalue weighted by Crippen LogP contribution is -2.17. The summed E-state index contributed by atoms with van der Waals surface area (Å²) in [5.41, 5.74) is 1.52. The average Bonchev–Trinajstić information content (AvgIpc) is 2.72. The van der Waals surface area contributed by atoms with Crippen molar-refractivity contribution >= 4 is 11.7 Å². The van der Waals surface area contributed by atoms with Gasteiger partial charge in [0.25, 0.3) is 0 Å². The van der Waals surface area contributed by atoms with Crippen molar-refractivity contribution in [3.63, 3.8) is 0 Å². The molecular formula is C20H16F3N3O3. The molecule has 0 saturated heterocycles. The van der Waals surface area contributed by atoms with Gasteiger partial charge in [-0.1, -0.05) is 12.1 Å². The molecule has 3 rings (SSSR count). The van der Waals surface area contributed by atoms with Gasteiger partial charge in [0.05, 0.1) is 12.7 Å². The SMILES string of the molecule is COc1ccc(C(=O)c2cnc(NCc3ccc(OC(F)(F)F)cc3)nc2)cc1. The monoisotopic (exact) mass is 403 g/mol. The van der Waals surface area contributed by atoms with E-state index in [0.29, 0.717) is 22.4 Å². The van der Waals surface area contributed by atoms with Gasteiger partial charge in [-0.15, -0.1) is 13.2 Å². The topological polar surface area (TPSA) is 73.3 Å². The first kappa shape index (κ1) is 20.1. The van der Waals surface area contributed by atoms with Crippen LogP contribution in [0.25, 0.3) is 0 Å². The molecule has 0 atom stereocenters. The van der Waals surface area contributed by atoms with Crippen molar-refractivity contribution in [1.82, 2.24) is 9.97 Å². The number of rotatable bonds is 7. The summed E-state index contributed by atoms with van der Waals surface area (Å²) >= 11 is 0. The molecule has 6 nitrogen and oxygen atoms in total. The normalized spacial score (nSPS) is 11.0. The van der Waals surface area contributed by atoms with Gasteiger partial charge >= 0.3 is 6.36 Å². The molecular weight excluding hydrogens is 387 g/mol. The summed E-state index contributed by atoms with van der Waals surface area (Å²) in [6, 6.07) is 12.1. The van der Waals surface area contributed by atoms with E-state index in [1.807, 2.05) is 0 Å². The second-order valence-electron chi connectivity index (χ2n) is 5.90. The Morgan fingerprint density at radius 3 is 2.07 bits per heavy atom. The number of hydrogen-bond donors (Lipinski definition) is 1. The van der Waals surface area contributed by atoms with E-state index in [0.717, 1.165) is 0 Å². The van der Waals surface area contributed by atoms with Gasteiger partial charge in [-0.3, -0.25) is 4.79 Å². The molecule has 9 heteroatoms. The number of hydrogen-bond acceptors (Lipinski definition) is 6. The number of benzene rings is 2. The molecule has 1 aromatic heterocycles. The van der Waals surface area contributed by atoms with Crippen LogP contribution in [0.3, 0.4) is 0 Å². The number of carbonyl (C=O) groups excluding carboxylic acids is 1. The van der Waals surface area contributed by atoms with Gasteiger partial charge in [0.15, 0.2) is 5.78 Å². The Balaban J connectivity index is 1.58. The summed E-state index contributed by atoms with van der Waals surface area (Å²) in [6.45, 7) is 0.290. The third kappa shape index (κ3) is 5.68. The van der Waals surface area contributed by atoms with Gasteiger partial charge in [-0.25, -0.2) is 9.97 Å². The fourth-order valence-electron chi connectivity index (χ4n) is 2.44. The van der Waals surface area contributed by atoms with Crippen LogP contribution in [0.4, 0.5) is 19.1 Å². The molecule has 29 heavy (non-hydrogen) atoms. The zero-order valence-electron chi connectivity index (χ0n) is 15.2. The van der Waals surface area contributed by atoms with E-state index in [9.17, 15) is 18.0 Å². The van der Waals surface area contributed by atoms with Gasteiger partial charge in [0.2, 0.25) is 5.95 Å². The van der Waals surface area contributed by atoms with Crippen molar-refractivity contribution in [3.8, 4) is 11.5 Å². The third-order valence-electron chi connectivity index (χ3n) is 3.87. The average molecular weight is 403 g/mol. The van der Waals surface area contributed by atoms with E-state index in [1.165, 1.54) is 36.7 Å². The summed E-state index contributed by atoms with van der Waals surface area (Å²) < 4.78 is 45.4. The number of halogens is 3. The van der Waals surface area contributed by atoms with Crippen LogP contribution in [0.15, 0.2) is 60.9 Å². The van der Waals surface area contributed by atoms with Crippen molar-refractivity contribution in [2.24, 2.45) is 0 Å². The van der Waals surface area contributed by atoms with Crippen LogP contribution < -0.4 is 14.8 Å². The predicted octanol–water partition coefficient (Wildman–Crippen LogP) is 4.23. The number of nitrogens with one attached hydrogen (secondary N) is 1. The number of ketones is 1. The summed E-state index contributed by atoms with van der Waals surface area (Å²) in [6.07, 6.45) is -1.91. The molecule has 0 aliphatic rings. The lowest BCUT2D eigenvalue weighted by molar-refractivity contribution is -0.274. The Labute approximate surface area is 164 Å². The van der Waals surface area contributed by atoms with Gasteiger partial charge in [0, 0.05) is 24.5 Å². The maximum absolute atomic E-state index is 12.4. The van der Waals surface area contributed by atoms with E-state index in [2.05, 4.69) is 20.0 Å². The number of nitrogens with zero attached hydrogens (tertiary/aromatic N) is 2. The lowest BCUT2D eigenvalue weighted by atomic mass is 10.1. The molecule has 1 N–H and O–H groups in total. The highest BCUT2D eigenvalue weighted by atomic mass is 19.4. The van der Waals surface area contributed by atoms with E-state index in [4.69, 9.17) is 4.74 Å². The molecule has 0 fully saturated rings. The molecule has 0 radical (unpaired) electrons. The fraction of sp³-hybridized carbons (Fsp3) is 0.150. The van der Waals surface area contributed by atoms with Crippen LogP contribution in [0, 0.1) is 0 Å². The molecule has 0 unspecified atom stereocenters. The van der Waals surface area contributed by atoms with Crippen LogP contribution >= 0.6 is 0 Å². The Kier molecular flexibility index (Phi) is 5.96. The van der Waals surface area contributed by atoms with E-state index >= 15 is 0 Å². The zero-order valence-corrected chi connectivity index (χ0v) is 15.2. The number of carbonyl (C=O) groups is 1. The quantitative estimate of drug-likeness (QED) is 0.596. The van der Waals surface area contributed by atoms with Gasteiger partial charge in [-0.05, 0) is 42.0 Å². The Morgan fingerprint density at radius 1 is 0.931 bits per heavy atom. The van der Waals surface area contributed by atoms with Crippen LogP contribution in [-0.4, -0.2) is 29.2 Å². The van der Waals surface area contributed by atoms with Crippen LogP contribution in [0.5, 0.6) is 11.5 Å². The molecule has 0 aliphatic heterocycles. The summed E-state index contributed by atoms with van der Waals surface area (Å²) in [5.74, 6) is 0.417. The molecule has 2 aromatic carbocycles. The van der Waals surface area contributed by atoms with Crippen molar-refractivity contribution in [3.05, 3.63) is 77.6 Å². The highest BCUT2D eigenvalue weighted by Gasteiger charge is 2.30. The molecule has 0 aliphatic carbocycles. The summed E-state index contributed by atoms with van der Waals surface area (Å²) in [4.78, 5) is 20.6. The minimum Gasteiger partial charge on any atom is -0.497 e. The predicted molar refractivity (Wildman–Crippen MR) is 98.9 cm³/mol. The van der Waals surface area contributed by atoms with Gasteiger partial charge in [0.1, 0.15) is 11.5 Å². The number of ether oxygens (including phenoxy) is 2. The smallest absolute Gasteiger partial charge is 0.497 e. The molecule has 3 aromatic rings. The van der Waals surface area contributed by atoms with Crippen LogP contribution in [0.1, 0.15) is 21.5 Å². The standard InChI is InChI=1S/C20H16F3N3O3/c1-28-16-8-4-14(5-9-16)18(27)15-11-25-19(26-12-15)24-10-13-2-6-17(7-3-13)29-20(21,22)23/h2-9,11-12H,10H2,1H3,(H,24,25,26). The summed E-state index contributed by atoms with van der Waals surface area (Å²) in [7, 11) is 1.54. The van der Waals surface area contributed by atoms with Crippen molar-refractivity contribution in [2.45, 2.75) is 12.9 Å². The molecule has 1 heterocycles. The number of aromatic nitrogens is 2. The Bertz CT molecular complexity index is 958. The maximum atomic E-state index is 12.4. The number of methoxy groups -OCH3 is 1.